The normalized spacial score (nSPS) is 13.1. The first-order chi connectivity index (χ1) is 14.0. The molecular weight excluding hydrogens is 394 g/mol. The van der Waals surface area contributed by atoms with Gasteiger partial charge in [-0.05, 0) is 53.6 Å². The summed E-state index contributed by atoms with van der Waals surface area (Å²) in [5, 5.41) is 4.68. The number of thiophene rings is 1. The van der Waals surface area contributed by atoms with Crippen LogP contribution >= 0.6 is 11.3 Å². The second-order valence-corrected chi connectivity index (χ2v) is 7.76. The summed E-state index contributed by atoms with van der Waals surface area (Å²) in [4.78, 5) is 27.1. The Morgan fingerprint density at radius 2 is 1.83 bits per heavy atom. The molecule has 1 aromatic heterocycles. The Balaban J connectivity index is 1.46. The van der Waals surface area contributed by atoms with Crippen molar-refractivity contribution < 1.29 is 18.4 Å². The van der Waals surface area contributed by atoms with E-state index in [2.05, 4.69) is 5.32 Å². The number of hydrogen-bond acceptors (Lipinski definition) is 3. The van der Waals surface area contributed by atoms with E-state index in [1.165, 1.54) is 22.3 Å². The zero-order chi connectivity index (χ0) is 20.4. The highest BCUT2D eigenvalue weighted by Gasteiger charge is 2.25. The van der Waals surface area contributed by atoms with Crippen molar-refractivity contribution in [1.29, 1.82) is 0 Å². The molecule has 1 aliphatic rings. The Labute approximate surface area is 170 Å². The van der Waals surface area contributed by atoms with Crippen LogP contribution in [0.25, 0.3) is 0 Å². The molecule has 0 saturated carbocycles. The lowest BCUT2D eigenvalue weighted by Crippen LogP contribution is -2.35. The van der Waals surface area contributed by atoms with E-state index in [1.54, 1.807) is 30.3 Å². The maximum atomic E-state index is 13.7. The molecular formula is C22H18F2N2O2S. The first-order valence-electron chi connectivity index (χ1n) is 9.23. The Hall–Kier alpha value is -3.06. The Morgan fingerprint density at radius 3 is 2.55 bits per heavy atom. The first-order valence-corrected chi connectivity index (χ1v) is 10.1. The Morgan fingerprint density at radius 1 is 1.07 bits per heavy atom. The van der Waals surface area contributed by atoms with E-state index in [0.29, 0.717) is 47.6 Å². The van der Waals surface area contributed by atoms with E-state index in [-0.39, 0.29) is 11.8 Å². The highest BCUT2D eigenvalue weighted by atomic mass is 32.1. The molecule has 0 fully saturated rings. The van der Waals surface area contributed by atoms with Crippen molar-refractivity contribution in [3.63, 3.8) is 0 Å². The summed E-state index contributed by atoms with van der Waals surface area (Å²) < 4.78 is 27.2. The van der Waals surface area contributed by atoms with Gasteiger partial charge < -0.3 is 10.2 Å². The van der Waals surface area contributed by atoms with Gasteiger partial charge in [-0.2, -0.15) is 0 Å². The summed E-state index contributed by atoms with van der Waals surface area (Å²) in [6.45, 7) is 0.803. The van der Waals surface area contributed by atoms with Crippen LogP contribution in [-0.2, 0) is 13.0 Å². The van der Waals surface area contributed by atoms with Gasteiger partial charge in [0.05, 0.1) is 10.6 Å². The minimum Gasteiger partial charge on any atom is -0.347 e. The summed E-state index contributed by atoms with van der Waals surface area (Å²) in [5.74, 6) is -2.25. The predicted octanol–water partition coefficient (Wildman–Crippen LogP) is 4.55. The Kier molecular flexibility index (Phi) is 5.40. The van der Waals surface area contributed by atoms with E-state index >= 15 is 0 Å². The third kappa shape index (κ3) is 4.05. The summed E-state index contributed by atoms with van der Waals surface area (Å²) in [6.07, 6.45) is 1.30. The molecule has 0 radical (unpaired) electrons. The summed E-state index contributed by atoms with van der Waals surface area (Å²) in [7, 11) is 0. The van der Waals surface area contributed by atoms with E-state index in [0.717, 1.165) is 11.6 Å². The molecule has 0 atom stereocenters. The standard InChI is InChI=1S/C22H18F2N2O2S/c23-17-11-16-3-1-9-26(19(16)12-18(17)24)22(28)15-7-5-14(6-8-15)13-25-21(27)20-4-2-10-29-20/h2,4-8,10-12H,1,3,9,13H2,(H,25,27). The fraction of sp³-hybridized carbons (Fsp3) is 0.182. The average molecular weight is 412 g/mol. The zero-order valence-electron chi connectivity index (χ0n) is 15.5. The molecule has 29 heavy (non-hydrogen) atoms. The number of benzene rings is 2. The smallest absolute Gasteiger partial charge is 0.261 e. The van der Waals surface area contributed by atoms with Gasteiger partial charge in [0.1, 0.15) is 0 Å². The third-order valence-electron chi connectivity index (χ3n) is 4.88. The number of carbonyl (C=O) groups excluding carboxylic acids is 2. The summed E-state index contributed by atoms with van der Waals surface area (Å²) in [6, 6.07) is 12.8. The largest absolute Gasteiger partial charge is 0.347 e. The van der Waals surface area contributed by atoms with Crippen molar-refractivity contribution in [1.82, 2.24) is 5.32 Å². The maximum Gasteiger partial charge on any atom is 0.261 e. The van der Waals surface area contributed by atoms with Crippen molar-refractivity contribution >= 4 is 28.8 Å². The van der Waals surface area contributed by atoms with Gasteiger partial charge in [-0.1, -0.05) is 18.2 Å². The zero-order valence-corrected chi connectivity index (χ0v) is 16.3. The van der Waals surface area contributed by atoms with Crippen LogP contribution in [0.4, 0.5) is 14.5 Å². The van der Waals surface area contributed by atoms with Crippen LogP contribution in [0.2, 0.25) is 0 Å². The molecule has 2 aromatic carbocycles. The molecule has 0 unspecified atom stereocenters. The van der Waals surface area contributed by atoms with Crippen LogP contribution < -0.4 is 10.2 Å². The number of aryl methyl sites for hydroxylation is 1. The lowest BCUT2D eigenvalue weighted by molar-refractivity contribution is 0.0952. The molecule has 3 aromatic rings. The molecule has 2 amide bonds. The van der Waals surface area contributed by atoms with Crippen molar-refractivity contribution in [3.05, 3.63) is 87.1 Å². The fourth-order valence-corrected chi connectivity index (χ4v) is 4.03. The van der Waals surface area contributed by atoms with Crippen LogP contribution in [0.15, 0.2) is 53.9 Å². The van der Waals surface area contributed by atoms with Crippen molar-refractivity contribution in [2.75, 3.05) is 11.4 Å². The van der Waals surface area contributed by atoms with Gasteiger partial charge in [-0.15, -0.1) is 11.3 Å². The molecule has 0 saturated heterocycles. The summed E-state index contributed by atoms with van der Waals surface area (Å²) in [5.41, 5.74) is 2.37. The number of amides is 2. The average Bonchev–Trinajstić information content (AvgIpc) is 3.27. The SMILES string of the molecule is O=C(NCc1ccc(C(=O)N2CCCc3cc(F)c(F)cc32)cc1)c1cccs1. The van der Waals surface area contributed by atoms with Gasteiger partial charge in [-0.25, -0.2) is 8.78 Å². The first kappa shape index (κ1) is 19.3. The lowest BCUT2D eigenvalue weighted by Gasteiger charge is -2.29. The monoisotopic (exact) mass is 412 g/mol. The number of carbonyl (C=O) groups is 2. The lowest BCUT2D eigenvalue weighted by atomic mass is 10.00. The van der Waals surface area contributed by atoms with E-state index in [1.807, 2.05) is 11.4 Å². The third-order valence-corrected chi connectivity index (χ3v) is 5.75. The van der Waals surface area contributed by atoms with Gasteiger partial charge in [-0.3, -0.25) is 9.59 Å². The molecule has 148 valence electrons. The minimum atomic E-state index is -0.958. The number of fused-ring (bicyclic) bond motifs is 1. The van der Waals surface area contributed by atoms with Crippen LogP contribution in [0.1, 0.15) is 37.6 Å². The van der Waals surface area contributed by atoms with Crippen LogP contribution in [0, 0.1) is 11.6 Å². The molecule has 1 N–H and O–H groups in total. The van der Waals surface area contributed by atoms with Crippen molar-refractivity contribution in [2.24, 2.45) is 0 Å². The van der Waals surface area contributed by atoms with Gasteiger partial charge >= 0.3 is 0 Å². The molecule has 2 heterocycles. The number of nitrogens with one attached hydrogen (secondary N) is 1. The molecule has 0 spiro atoms. The maximum absolute atomic E-state index is 13.7. The summed E-state index contributed by atoms with van der Waals surface area (Å²) >= 11 is 1.37. The molecule has 4 rings (SSSR count). The van der Waals surface area contributed by atoms with E-state index < -0.39 is 11.6 Å². The van der Waals surface area contributed by atoms with Gasteiger partial charge in [0, 0.05) is 24.7 Å². The topological polar surface area (TPSA) is 49.4 Å². The predicted molar refractivity (Wildman–Crippen MR) is 108 cm³/mol. The molecule has 1 aliphatic heterocycles. The Bertz CT molecular complexity index is 1050. The number of hydrogen-bond donors (Lipinski definition) is 1. The molecule has 0 bridgehead atoms. The second kappa shape index (κ2) is 8.13. The van der Waals surface area contributed by atoms with Crippen LogP contribution in [-0.4, -0.2) is 18.4 Å². The molecule has 4 nitrogen and oxygen atoms in total. The highest BCUT2D eigenvalue weighted by Crippen LogP contribution is 2.30. The van der Waals surface area contributed by atoms with Crippen LogP contribution in [0.5, 0.6) is 0 Å². The van der Waals surface area contributed by atoms with Gasteiger partial charge in [0.15, 0.2) is 11.6 Å². The second-order valence-electron chi connectivity index (χ2n) is 6.81. The number of rotatable bonds is 4. The van der Waals surface area contributed by atoms with E-state index in [4.69, 9.17) is 0 Å². The highest BCUT2D eigenvalue weighted by molar-refractivity contribution is 7.12. The molecule has 7 heteroatoms. The van der Waals surface area contributed by atoms with Crippen molar-refractivity contribution in [3.8, 4) is 0 Å². The molecule has 0 aliphatic carbocycles. The fourth-order valence-electron chi connectivity index (χ4n) is 3.39. The minimum absolute atomic E-state index is 0.140. The quantitative estimate of drug-likeness (QED) is 0.684. The number of anilines is 1. The van der Waals surface area contributed by atoms with Gasteiger partial charge in [0.25, 0.3) is 11.8 Å². The van der Waals surface area contributed by atoms with Gasteiger partial charge in [0.2, 0.25) is 0 Å². The van der Waals surface area contributed by atoms with E-state index in [9.17, 15) is 18.4 Å². The number of nitrogens with zero attached hydrogens (tertiary/aromatic N) is 1. The van der Waals surface area contributed by atoms with Crippen LogP contribution in [0.3, 0.4) is 0 Å². The van der Waals surface area contributed by atoms with Crippen molar-refractivity contribution in [2.45, 2.75) is 19.4 Å². The number of halogens is 2.